The molecule has 1 aliphatic rings. The molecule has 2 unspecified atom stereocenters. The quantitative estimate of drug-likeness (QED) is 0.600. The average Bonchev–Trinajstić information content (AvgIpc) is 2.72. The Labute approximate surface area is 180 Å². The zero-order valence-electron chi connectivity index (χ0n) is 17.8. The van der Waals surface area contributed by atoms with E-state index in [9.17, 15) is 0 Å². The average molecular weight is 418 g/mol. The molecule has 4 nitrogen and oxygen atoms in total. The summed E-state index contributed by atoms with van der Waals surface area (Å²) in [4.78, 5) is 2.25. The van der Waals surface area contributed by atoms with E-state index in [0.717, 1.165) is 30.9 Å². The Bertz CT molecular complexity index is 789. The topological polar surface area (TPSA) is 30.9 Å². The number of ether oxygens (including phenoxy) is 3. The van der Waals surface area contributed by atoms with Crippen molar-refractivity contribution >= 4 is 18.0 Å². The number of methoxy groups -OCH3 is 2. The van der Waals surface area contributed by atoms with Crippen LogP contribution >= 0.6 is 12.4 Å². The maximum absolute atomic E-state index is 6.25. The minimum Gasteiger partial charge on any atom is -0.497 e. The third kappa shape index (κ3) is 6.49. The monoisotopic (exact) mass is 417 g/mol. The van der Waals surface area contributed by atoms with Crippen LogP contribution in [0.25, 0.3) is 5.57 Å². The van der Waals surface area contributed by atoms with Crippen LogP contribution in [0.3, 0.4) is 0 Å². The molecule has 1 aliphatic carbocycles. The van der Waals surface area contributed by atoms with Crippen molar-refractivity contribution in [2.45, 2.75) is 25.6 Å². The first-order valence-electron chi connectivity index (χ1n) is 9.82. The van der Waals surface area contributed by atoms with Crippen LogP contribution in [0.5, 0.6) is 11.5 Å². The van der Waals surface area contributed by atoms with Crippen molar-refractivity contribution in [3.05, 3.63) is 65.7 Å². The van der Waals surface area contributed by atoms with Gasteiger partial charge in [-0.3, -0.25) is 0 Å². The molecule has 0 amide bonds. The maximum Gasteiger partial charge on any atom is 0.119 e. The SMILES string of the molecule is COc1ccc(COC2CC=C(c3cccc(OC)c3)C(CN(C)C)C2)cc1.Cl. The summed E-state index contributed by atoms with van der Waals surface area (Å²) in [6.45, 7) is 1.64. The summed E-state index contributed by atoms with van der Waals surface area (Å²) >= 11 is 0. The zero-order chi connectivity index (χ0) is 19.9. The van der Waals surface area contributed by atoms with E-state index in [-0.39, 0.29) is 18.5 Å². The van der Waals surface area contributed by atoms with Gasteiger partial charge in [-0.15, -0.1) is 12.4 Å². The summed E-state index contributed by atoms with van der Waals surface area (Å²) in [6, 6.07) is 16.5. The van der Waals surface area contributed by atoms with E-state index in [1.165, 1.54) is 16.7 Å². The number of hydrogen-bond donors (Lipinski definition) is 0. The molecule has 2 aromatic rings. The number of halogens is 1. The van der Waals surface area contributed by atoms with Crippen molar-refractivity contribution in [3.8, 4) is 11.5 Å². The molecule has 0 aliphatic heterocycles. The van der Waals surface area contributed by atoms with Crippen molar-refractivity contribution in [1.29, 1.82) is 0 Å². The van der Waals surface area contributed by atoms with E-state index in [4.69, 9.17) is 14.2 Å². The van der Waals surface area contributed by atoms with Gasteiger partial charge in [0.1, 0.15) is 11.5 Å². The third-order valence-electron chi connectivity index (χ3n) is 5.22. The normalized spacial score (nSPS) is 18.7. The minimum absolute atomic E-state index is 0. The highest BCUT2D eigenvalue weighted by atomic mass is 35.5. The minimum atomic E-state index is 0. The lowest BCUT2D eigenvalue weighted by molar-refractivity contribution is 0.0258. The molecule has 158 valence electrons. The zero-order valence-corrected chi connectivity index (χ0v) is 18.6. The number of hydrogen-bond acceptors (Lipinski definition) is 4. The summed E-state index contributed by atoms with van der Waals surface area (Å²) in [7, 11) is 7.66. The van der Waals surface area contributed by atoms with Crippen molar-refractivity contribution in [3.63, 3.8) is 0 Å². The Kier molecular flexibility index (Phi) is 9.02. The molecular formula is C24H32ClNO3. The molecule has 5 heteroatoms. The van der Waals surface area contributed by atoms with Gasteiger partial charge in [0.15, 0.2) is 0 Å². The maximum atomic E-state index is 6.25. The second-order valence-corrected chi connectivity index (χ2v) is 7.60. The molecule has 0 fully saturated rings. The molecule has 0 N–H and O–H groups in total. The van der Waals surface area contributed by atoms with Gasteiger partial charge in [-0.25, -0.2) is 0 Å². The van der Waals surface area contributed by atoms with Gasteiger partial charge in [-0.05, 0) is 73.8 Å². The molecule has 0 spiro atoms. The van der Waals surface area contributed by atoms with E-state index >= 15 is 0 Å². The van der Waals surface area contributed by atoms with Gasteiger partial charge in [-0.2, -0.15) is 0 Å². The van der Waals surface area contributed by atoms with E-state index < -0.39 is 0 Å². The van der Waals surface area contributed by atoms with Gasteiger partial charge < -0.3 is 19.1 Å². The number of benzene rings is 2. The predicted molar refractivity (Wildman–Crippen MR) is 121 cm³/mol. The molecule has 0 heterocycles. The largest absolute Gasteiger partial charge is 0.497 e. The summed E-state index contributed by atoms with van der Waals surface area (Å²) in [6.07, 6.45) is 4.55. The molecule has 0 aromatic heterocycles. The van der Waals surface area contributed by atoms with Crippen LogP contribution in [0.1, 0.15) is 24.0 Å². The highest BCUT2D eigenvalue weighted by Crippen LogP contribution is 2.35. The van der Waals surface area contributed by atoms with Gasteiger partial charge in [0.2, 0.25) is 0 Å². The van der Waals surface area contributed by atoms with Crippen LogP contribution in [0.2, 0.25) is 0 Å². The Morgan fingerprint density at radius 2 is 1.69 bits per heavy atom. The summed E-state index contributed by atoms with van der Waals surface area (Å²) in [5, 5.41) is 0. The highest BCUT2D eigenvalue weighted by molar-refractivity contribution is 5.85. The molecule has 29 heavy (non-hydrogen) atoms. The van der Waals surface area contributed by atoms with Crippen molar-refractivity contribution in [2.24, 2.45) is 5.92 Å². The van der Waals surface area contributed by atoms with Crippen LogP contribution < -0.4 is 9.47 Å². The molecule has 0 saturated carbocycles. The van der Waals surface area contributed by atoms with Crippen LogP contribution in [0.15, 0.2) is 54.6 Å². The molecule has 2 atom stereocenters. The molecule has 0 bridgehead atoms. The van der Waals surface area contributed by atoms with E-state index in [1.807, 2.05) is 18.2 Å². The first kappa shape index (κ1) is 23.3. The van der Waals surface area contributed by atoms with Crippen molar-refractivity contribution < 1.29 is 14.2 Å². The second kappa shape index (κ2) is 11.2. The van der Waals surface area contributed by atoms with E-state index in [0.29, 0.717) is 12.5 Å². The number of nitrogens with zero attached hydrogens (tertiary/aromatic N) is 1. The highest BCUT2D eigenvalue weighted by Gasteiger charge is 2.26. The van der Waals surface area contributed by atoms with Gasteiger partial charge in [0.25, 0.3) is 0 Å². The Morgan fingerprint density at radius 3 is 2.34 bits per heavy atom. The third-order valence-corrected chi connectivity index (χ3v) is 5.22. The fraction of sp³-hybridized carbons (Fsp3) is 0.417. The van der Waals surface area contributed by atoms with E-state index in [1.54, 1.807) is 14.2 Å². The van der Waals surface area contributed by atoms with Crippen LogP contribution in [0, 0.1) is 5.92 Å². The lowest BCUT2D eigenvalue weighted by atomic mass is 9.82. The van der Waals surface area contributed by atoms with Crippen LogP contribution in [-0.4, -0.2) is 45.9 Å². The van der Waals surface area contributed by atoms with Gasteiger partial charge in [0, 0.05) is 6.54 Å². The van der Waals surface area contributed by atoms with Crippen LogP contribution in [-0.2, 0) is 11.3 Å². The number of rotatable bonds is 8. The molecule has 0 radical (unpaired) electrons. The van der Waals surface area contributed by atoms with Crippen molar-refractivity contribution in [2.75, 3.05) is 34.9 Å². The first-order valence-corrected chi connectivity index (χ1v) is 9.82. The van der Waals surface area contributed by atoms with Crippen molar-refractivity contribution in [1.82, 2.24) is 4.90 Å². The molecule has 0 saturated heterocycles. The molecular weight excluding hydrogens is 386 g/mol. The van der Waals surface area contributed by atoms with E-state index in [2.05, 4.69) is 55.4 Å². The Balaban J connectivity index is 0.00000300. The lowest BCUT2D eigenvalue weighted by Gasteiger charge is -2.32. The predicted octanol–water partition coefficient (Wildman–Crippen LogP) is 5.07. The fourth-order valence-corrected chi connectivity index (χ4v) is 3.81. The molecule has 2 aromatic carbocycles. The first-order chi connectivity index (χ1) is 13.6. The lowest BCUT2D eigenvalue weighted by Crippen LogP contribution is -2.30. The summed E-state index contributed by atoms with van der Waals surface area (Å²) in [5.74, 6) is 2.22. The van der Waals surface area contributed by atoms with Gasteiger partial charge >= 0.3 is 0 Å². The summed E-state index contributed by atoms with van der Waals surface area (Å²) in [5.41, 5.74) is 3.82. The smallest absolute Gasteiger partial charge is 0.119 e. The summed E-state index contributed by atoms with van der Waals surface area (Å²) < 4.78 is 16.9. The second-order valence-electron chi connectivity index (χ2n) is 7.60. The fourth-order valence-electron chi connectivity index (χ4n) is 3.81. The molecule has 3 rings (SSSR count). The Hall–Kier alpha value is -2.01. The van der Waals surface area contributed by atoms with Gasteiger partial charge in [0.05, 0.1) is 26.9 Å². The Morgan fingerprint density at radius 1 is 0.966 bits per heavy atom. The van der Waals surface area contributed by atoms with Gasteiger partial charge in [-0.1, -0.05) is 30.3 Å². The van der Waals surface area contributed by atoms with Crippen LogP contribution in [0.4, 0.5) is 0 Å². The standard InChI is InChI=1S/C24H31NO3.ClH/c1-25(2)16-20-15-23(28-17-18-8-10-21(26-3)11-9-18)12-13-24(20)19-6-5-7-22(14-19)27-4;/h5-11,13-14,20,23H,12,15-17H2,1-4H3;1H.